The summed E-state index contributed by atoms with van der Waals surface area (Å²) in [6.45, 7) is 4.28. The number of imidazole rings is 1. The maximum absolute atomic E-state index is 9.05. The Bertz CT molecular complexity index is 268. The number of rotatable bonds is 5. The van der Waals surface area contributed by atoms with Gasteiger partial charge in [0.1, 0.15) is 5.82 Å². The van der Waals surface area contributed by atoms with E-state index >= 15 is 0 Å². The number of hydrogen-bond acceptors (Lipinski definition) is 3. The second-order valence-corrected chi connectivity index (χ2v) is 3.57. The molecule has 0 aliphatic heterocycles. The van der Waals surface area contributed by atoms with Crippen LogP contribution in [0.2, 0.25) is 0 Å². The summed E-state index contributed by atoms with van der Waals surface area (Å²) in [5.41, 5.74) is 0. The number of hydrogen-bond donors (Lipinski definition) is 2. The quantitative estimate of drug-likeness (QED) is 0.735. The first-order valence-corrected chi connectivity index (χ1v) is 5.03. The van der Waals surface area contributed by atoms with Crippen molar-refractivity contribution in [2.75, 3.05) is 6.61 Å². The van der Waals surface area contributed by atoms with E-state index in [1.165, 1.54) is 0 Å². The molecule has 0 saturated heterocycles. The van der Waals surface area contributed by atoms with E-state index < -0.39 is 0 Å². The largest absolute Gasteiger partial charge is 0.395 e. The topological polar surface area (TPSA) is 50.1 Å². The van der Waals surface area contributed by atoms with Gasteiger partial charge in [0.2, 0.25) is 0 Å². The Labute approximate surface area is 85.0 Å². The lowest BCUT2D eigenvalue weighted by Crippen LogP contribution is -2.34. The summed E-state index contributed by atoms with van der Waals surface area (Å²) in [5, 5.41) is 12.4. The molecule has 4 heteroatoms. The zero-order chi connectivity index (χ0) is 10.6. The smallest absolute Gasteiger partial charge is 0.125 e. The average molecular weight is 197 g/mol. The maximum atomic E-state index is 9.05. The van der Waals surface area contributed by atoms with Gasteiger partial charge in [-0.15, -0.1) is 0 Å². The summed E-state index contributed by atoms with van der Waals surface area (Å²) in [6, 6.07) is 0.328. The molecule has 0 aliphatic rings. The van der Waals surface area contributed by atoms with Gasteiger partial charge in [-0.3, -0.25) is 0 Å². The van der Waals surface area contributed by atoms with Crippen molar-refractivity contribution >= 4 is 0 Å². The number of aromatic nitrogens is 2. The third-order valence-electron chi connectivity index (χ3n) is 2.44. The SMILES string of the molecule is CC[C@H](CO)NC(C)c1nccn1C. The van der Waals surface area contributed by atoms with E-state index in [9.17, 15) is 0 Å². The molecular formula is C10H19N3O. The van der Waals surface area contributed by atoms with Gasteiger partial charge in [0.05, 0.1) is 12.6 Å². The van der Waals surface area contributed by atoms with Gasteiger partial charge in [0.15, 0.2) is 0 Å². The Morgan fingerprint density at radius 1 is 1.64 bits per heavy atom. The maximum Gasteiger partial charge on any atom is 0.125 e. The molecular weight excluding hydrogens is 178 g/mol. The molecule has 0 radical (unpaired) electrons. The monoisotopic (exact) mass is 197 g/mol. The van der Waals surface area contributed by atoms with Gasteiger partial charge in [-0.1, -0.05) is 6.92 Å². The van der Waals surface area contributed by atoms with Crippen molar-refractivity contribution in [1.82, 2.24) is 14.9 Å². The van der Waals surface area contributed by atoms with Gasteiger partial charge < -0.3 is 15.0 Å². The lowest BCUT2D eigenvalue weighted by Gasteiger charge is -2.20. The van der Waals surface area contributed by atoms with Crippen LogP contribution in [0.15, 0.2) is 12.4 Å². The van der Waals surface area contributed by atoms with Gasteiger partial charge in [-0.25, -0.2) is 4.98 Å². The van der Waals surface area contributed by atoms with Crippen molar-refractivity contribution < 1.29 is 5.11 Å². The molecule has 0 aliphatic carbocycles. The molecule has 1 rings (SSSR count). The van der Waals surface area contributed by atoms with Crippen molar-refractivity contribution in [1.29, 1.82) is 0 Å². The van der Waals surface area contributed by atoms with Crippen molar-refractivity contribution in [3.8, 4) is 0 Å². The third-order valence-corrected chi connectivity index (χ3v) is 2.44. The molecule has 1 aromatic rings. The van der Waals surface area contributed by atoms with Crippen LogP contribution in [-0.4, -0.2) is 27.3 Å². The van der Waals surface area contributed by atoms with Crippen LogP contribution in [-0.2, 0) is 7.05 Å². The Morgan fingerprint density at radius 3 is 2.79 bits per heavy atom. The number of aryl methyl sites for hydroxylation is 1. The molecule has 0 spiro atoms. The first kappa shape index (κ1) is 11.2. The normalized spacial score (nSPS) is 15.4. The summed E-state index contributed by atoms with van der Waals surface area (Å²) in [7, 11) is 1.97. The number of nitrogens with one attached hydrogen (secondary N) is 1. The summed E-state index contributed by atoms with van der Waals surface area (Å²) in [5.74, 6) is 0.997. The molecule has 1 heterocycles. The highest BCUT2D eigenvalue weighted by Gasteiger charge is 2.13. The van der Waals surface area contributed by atoms with E-state index in [0.717, 1.165) is 12.2 Å². The van der Waals surface area contributed by atoms with Gasteiger partial charge in [-0.2, -0.15) is 0 Å². The Morgan fingerprint density at radius 2 is 2.36 bits per heavy atom. The van der Waals surface area contributed by atoms with Gasteiger partial charge >= 0.3 is 0 Å². The fraction of sp³-hybridized carbons (Fsp3) is 0.700. The summed E-state index contributed by atoms with van der Waals surface area (Å²) < 4.78 is 1.99. The minimum absolute atomic E-state index is 0.154. The van der Waals surface area contributed by atoms with Crippen LogP contribution in [0.1, 0.15) is 32.1 Å². The second-order valence-electron chi connectivity index (χ2n) is 3.57. The van der Waals surface area contributed by atoms with Crippen molar-refractivity contribution in [3.05, 3.63) is 18.2 Å². The molecule has 2 N–H and O–H groups in total. The highest BCUT2D eigenvalue weighted by Crippen LogP contribution is 2.09. The lowest BCUT2D eigenvalue weighted by atomic mass is 10.2. The zero-order valence-corrected chi connectivity index (χ0v) is 9.07. The predicted octanol–water partition coefficient (Wildman–Crippen LogP) is 0.842. The average Bonchev–Trinajstić information content (AvgIpc) is 2.60. The molecule has 0 bridgehead atoms. The van der Waals surface area contributed by atoms with Crippen molar-refractivity contribution in [2.45, 2.75) is 32.4 Å². The first-order valence-electron chi connectivity index (χ1n) is 5.03. The van der Waals surface area contributed by atoms with Crippen LogP contribution >= 0.6 is 0 Å². The molecule has 0 aromatic carbocycles. The fourth-order valence-corrected chi connectivity index (χ4v) is 1.52. The van der Waals surface area contributed by atoms with Crippen LogP contribution in [0.3, 0.4) is 0 Å². The number of nitrogens with zero attached hydrogens (tertiary/aromatic N) is 2. The molecule has 1 unspecified atom stereocenters. The fourth-order valence-electron chi connectivity index (χ4n) is 1.52. The minimum atomic E-state index is 0.154. The van der Waals surface area contributed by atoms with Gasteiger partial charge in [0, 0.05) is 25.5 Å². The summed E-state index contributed by atoms with van der Waals surface area (Å²) in [4.78, 5) is 4.26. The second kappa shape index (κ2) is 5.12. The van der Waals surface area contributed by atoms with Crippen LogP contribution in [0.5, 0.6) is 0 Å². The summed E-state index contributed by atoms with van der Waals surface area (Å²) in [6.07, 6.45) is 4.63. The molecule has 0 amide bonds. The molecule has 0 fully saturated rings. The molecule has 0 saturated carbocycles. The number of aliphatic hydroxyl groups is 1. The van der Waals surface area contributed by atoms with E-state index in [4.69, 9.17) is 5.11 Å². The van der Waals surface area contributed by atoms with Crippen LogP contribution in [0, 0.1) is 0 Å². The van der Waals surface area contributed by atoms with E-state index in [-0.39, 0.29) is 18.7 Å². The van der Waals surface area contributed by atoms with Crippen LogP contribution in [0.4, 0.5) is 0 Å². The molecule has 80 valence electrons. The van der Waals surface area contributed by atoms with Gasteiger partial charge in [0.25, 0.3) is 0 Å². The highest BCUT2D eigenvalue weighted by atomic mass is 16.3. The molecule has 4 nitrogen and oxygen atoms in total. The van der Waals surface area contributed by atoms with Crippen LogP contribution in [0.25, 0.3) is 0 Å². The van der Waals surface area contributed by atoms with E-state index in [2.05, 4.69) is 24.1 Å². The van der Waals surface area contributed by atoms with Gasteiger partial charge in [-0.05, 0) is 13.3 Å². The van der Waals surface area contributed by atoms with Crippen molar-refractivity contribution in [2.24, 2.45) is 7.05 Å². The first-order chi connectivity index (χ1) is 6.69. The molecule has 1 aromatic heterocycles. The van der Waals surface area contributed by atoms with Crippen molar-refractivity contribution in [3.63, 3.8) is 0 Å². The summed E-state index contributed by atoms with van der Waals surface area (Å²) >= 11 is 0. The Kier molecular flexibility index (Phi) is 4.10. The third kappa shape index (κ3) is 2.56. The zero-order valence-electron chi connectivity index (χ0n) is 9.07. The predicted molar refractivity (Wildman–Crippen MR) is 55.9 cm³/mol. The minimum Gasteiger partial charge on any atom is -0.395 e. The standard InChI is InChI=1S/C10H19N3O/c1-4-9(7-14)12-8(2)10-11-5-6-13(10)3/h5-6,8-9,12,14H,4,7H2,1-3H3/t8?,9-/m1/s1. The molecule has 2 atom stereocenters. The van der Waals surface area contributed by atoms with E-state index in [0.29, 0.717) is 0 Å². The van der Waals surface area contributed by atoms with E-state index in [1.807, 2.05) is 17.8 Å². The Balaban J connectivity index is 2.58. The highest BCUT2D eigenvalue weighted by molar-refractivity contribution is 4.97. The number of aliphatic hydroxyl groups excluding tert-OH is 1. The lowest BCUT2D eigenvalue weighted by molar-refractivity contribution is 0.228. The van der Waals surface area contributed by atoms with E-state index in [1.54, 1.807) is 6.20 Å². The molecule has 14 heavy (non-hydrogen) atoms. The Hall–Kier alpha value is -0.870. The van der Waals surface area contributed by atoms with Crippen LogP contribution < -0.4 is 5.32 Å².